The minimum absolute atomic E-state index is 0.0476. The summed E-state index contributed by atoms with van der Waals surface area (Å²) in [7, 11) is 0. The minimum atomic E-state index is -4.92. The Morgan fingerprint density at radius 2 is 1.41 bits per heavy atom. The van der Waals surface area contributed by atoms with E-state index in [2.05, 4.69) is 0 Å². The smallest absolute Gasteiger partial charge is 0.391 e. The van der Waals surface area contributed by atoms with Crippen molar-refractivity contribution in [2.75, 3.05) is 0 Å². The third-order valence-electron chi connectivity index (χ3n) is 4.00. The normalized spacial score (nSPS) is 19.6. The lowest BCUT2D eigenvalue weighted by Gasteiger charge is -2.34. The molecule has 0 aliphatic heterocycles. The Morgan fingerprint density at radius 1 is 0.955 bits per heavy atom. The molecule has 0 unspecified atom stereocenters. The van der Waals surface area contributed by atoms with E-state index in [-0.39, 0.29) is 17.5 Å². The molecule has 2 rings (SSSR count). The van der Waals surface area contributed by atoms with Gasteiger partial charge in [-0.25, -0.2) is 0 Å². The van der Waals surface area contributed by atoms with E-state index < -0.39 is 35.6 Å². The largest absolute Gasteiger partial charge is 0.416 e. The molecule has 1 aliphatic carbocycles. The van der Waals surface area contributed by atoms with E-state index in [1.54, 1.807) is 0 Å². The molecule has 0 heterocycles. The van der Waals surface area contributed by atoms with Gasteiger partial charge in [0.2, 0.25) is 0 Å². The number of hydrogen-bond acceptors (Lipinski definition) is 2. The van der Waals surface area contributed by atoms with Gasteiger partial charge in [0.25, 0.3) is 0 Å². The lowest BCUT2D eigenvalue weighted by atomic mass is 9.77. The van der Waals surface area contributed by atoms with Gasteiger partial charge < -0.3 is 10.8 Å². The molecule has 0 spiro atoms. The van der Waals surface area contributed by atoms with Crippen molar-refractivity contribution in [1.82, 2.24) is 0 Å². The summed E-state index contributed by atoms with van der Waals surface area (Å²) in [5.74, 6) is -0.182. The first-order valence-electron chi connectivity index (χ1n) is 6.73. The SMILES string of the molecule is N[C@H](c1cc(C(F)(F)F)cc(C(F)(F)F)c1)[C@@H](O)C1CCC1. The predicted molar refractivity (Wildman–Crippen MR) is 66.7 cm³/mol. The summed E-state index contributed by atoms with van der Waals surface area (Å²) >= 11 is 0. The van der Waals surface area contributed by atoms with Crippen LogP contribution in [0.4, 0.5) is 26.3 Å². The summed E-state index contributed by atoms with van der Waals surface area (Å²) in [5.41, 5.74) is 2.48. The monoisotopic (exact) mass is 327 g/mol. The van der Waals surface area contributed by atoms with Gasteiger partial charge in [0, 0.05) is 0 Å². The maximum atomic E-state index is 12.8. The van der Waals surface area contributed by atoms with Gasteiger partial charge in [-0.2, -0.15) is 26.3 Å². The maximum Gasteiger partial charge on any atom is 0.416 e. The number of benzene rings is 1. The van der Waals surface area contributed by atoms with E-state index >= 15 is 0 Å². The van der Waals surface area contributed by atoms with Gasteiger partial charge in [-0.15, -0.1) is 0 Å². The van der Waals surface area contributed by atoms with Crippen molar-refractivity contribution in [3.63, 3.8) is 0 Å². The molecule has 1 fully saturated rings. The molecule has 0 radical (unpaired) electrons. The summed E-state index contributed by atoms with van der Waals surface area (Å²) in [6.07, 6.45) is -8.79. The molecule has 0 saturated heterocycles. The summed E-state index contributed by atoms with van der Waals surface area (Å²) in [6, 6.07) is -0.0936. The van der Waals surface area contributed by atoms with Gasteiger partial charge in [0.15, 0.2) is 0 Å². The second kappa shape index (κ2) is 5.73. The minimum Gasteiger partial charge on any atom is -0.391 e. The molecular weight excluding hydrogens is 312 g/mol. The Hall–Kier alpha value is -1.28. The summed E-state index contributed by atoms with van der Waals surface area (Å²) < 4.78 is 76.6. The second-order valence-corrected chi connectivity index (χ2v) is 5.55. The second-order valence-electron chi connectivity index (χ2n) is 5.55. The van der Waals surface area contributed by atoms with Crippen LogP contribution in [0.5, 0.6) is 0 Å². The third-order valence-corrected chi connectivity index (χ3v) is 4.00. The molecule has 124 valence electrons. The first-order valence-corrected chi connectivity index (χ1v) is 6.73. The van der Waals surface area contributed by atoms with Crippen LogP contribution in [0.25, 0.3) is 0 Å². The van der Waals surface area contributed by atoms with Crippen LogP contribution < -0.4 is 5.73 Å². The van der Waals surface area contributed by atoms with Gasteiger partial charge in [0.1, 0.15) is 0 Å². The van der Waals surface area contributed by atoms with Crippen LogP contribution in [0.2, 0.25) is 0 Å². The zero-order chi connectivity index (χ0) is 16.7. The third kappa shape index (κ3) is 3.55. The van der Waals surface area contributed by atoms with E-state index in [0.29, 0.717) is 25.0 Å². The molecule has 1 aromatic carbocycles. The highest BCUT2D eigenvalue weighted by Gasteiger charge is 2.38. The summed E-state index contributed by atoms with van der Waals surface area (Å²) in [4.78, 5) is 0. The fraction of sp³-hybridized carbons (Fsp3) is 0.571. The van der Waals surface area contributed by atoms with Crippen molar-refractivity contribution in [1.29, 1.82) is 0 Å². The van der Waals surface area contributed by atoms with Crippen LogP contribution in [-0.4, -0.2) is 11.2 Å². The highest BCUT2D eigenvalue weighted by atomic mass is 19.4. The maximum absolute atomic E-state index is 12.8. The molecular formula is C14H15F6NO. The van der Waals surface area contributed by atoms with Crippen molar-refractivity contribution >= 4 is 0 Å². The topological polar surface area (TPSA) is 46.2 Å². The van der Waals surface area contributed by atoms with Crippen LogP contribution in [0.1, 0.15) is 42.0 Å². The van der Waals surface area contributed by atoms with E-state index in [1.807, 2.05) is 0 Å². The molecule has 0 bridgehead atoms. The first kappa shape index (κ1) is 17.1. The Morgan fingerprint density at radius 3 is 1.73 bits per heavy atom. The molecule has 2 nitrogen and oxygen atoms in total. The number of alkyl halides is 6. The molecule has 0 amide bonds. The van der Waals surface area contributed by atoms with Crippen molar-refractivity contribution < 1.29 is 31.4 Å². The van der Waals surface area contributed by atoms with Gasteiger partial charge in [-0.1, -0.05) is 6.42 Å². The van der Waals surface area contributed by atoms with E-state index in [4.69, 9.17) is 5.73 Å². The average molecular weight is 327 g/mol. The highest BCUT2D eigenvalue weighted by Crippen LogP contribution is 2.39. The first-order chi connectivity index (χ1) is 10.00. The number of nitrogens with two attached hydrogens (primary N) is 1. The van der Waals surface area contributed by atoms with Crippen molar-refractivity contribution in [3.05, 3.63) is 34.9 Å². The van der Waals surface area contributed by atoms with Crippen LogP contribution >= 0.6 is 0 Å². The van der Waals surface area contributed by atoms with Gasteiger partial charge >= 0.3 is 12.4 Å². The zero-order valence-corrected chi connectivity index (χ0v) is 11.4. The van der Waals surface area contributed by atoms with Crippen molar-refractivity contribution in [2.45, 2.75) is 43.8 Å². The van der Waals surface area contributed by atoms with Gasteiger partial charge in [-0.05, 0) is 42.5 Å². The Bertz CT molecular complexity index is 503. The average Bonchev–Trinajstić information content (AvgIpc) is 2.33. The Kier molecular flexibility index (Phi) is 4.45. The van der Waals surface area contributed by atoms with Crippen molar-refractivity contribution in [3.8, 4) is 0 Å². The van der Waals surface area contributed by atoms with Crippen LogP contribution in [0.3, 0.4) is 0 Å². The molecule has 3 N–H and O–H groups in total. The quantitative estimate of drug-likeness (QED) is 0.828. The Balaban J connectivity index is 2.41. The predicted octanol–water partition coefficient (Wildman–Crippen LogP) is 3.89. The van der Waals surface area contributed by atoms with E-state index in [1.165, 1.54) is 0 Å². The summed E-state index contributed by atoms with van der Waals surface area (Å²) in [5, 5.41) is 9.99. The molecule has 1 aromatic rings. The number of hydrogen-bond donors (Lipinski definition) is 2. The fourth-order valence-corrected chi connectivity index (χ4v) is 2.44. The highest BCUT2D eigenvalue weighted by molar-refractivity contribution is 5.35. The number of halogens is 6. The standard InChI is InChI=1S/C14H15F6NO/c15-13(16,17)9-4-8(5-10(6-9)14(18,19)20)11(21)12(22)7-2-1-3-7/h4-7,11-12,22H,1-3,21H2/t11-,12+/m1/s1. The molecule has 1 aliphatic rings. The molecule has 2 atom stereocenters. The van der Waals surface area contributed by atoms with Gasteiger partial charge in [0.05, 0.1) is 23.3 Å². The van der Waals surface area contributed by atoms with E-state index in [0.717, 1.165) is 6.42 Å². The van der Waals surface area contributed by atoms with E-state index in [9.17, 15) is 31.4 Å². The lowest BCUT2D eigenvalue weighted by Crippen LogP contribution is -2.36. The fourth-order valence-electron chi connectivity index (χ4n) is 2.44. The molecule has 1 saturated carbocycles. The summed E-state index contributed by atoms with van der Waals surface area (Å²) in [6.45, 7) is 0. The van der Waals surface area contributed by atoms with Crippen molar-refractivity contribution in [2.24, 2.45) is 11.7 Å². The number of aliphatic hydroxyl groups is 1. The molecule has 0 aromatic heterocycles. The Labute approximate surface area is 122 Å². The van der Waals surface area contributed by atoms with Crippen LogP contribution in [-0.2, 0) is 12.4 Å². The van der Waals surface area contributed by atoms with Gasteiger partial charge in [-0.3, -0.25) is 0 Å². The zero-order valence-electron chi connectivity index (χ0n) is 11.4. The number of rotatable bonds is 3. The van der Waals surface area contributed by atoms with Crippen LogP contribution in [0, 0.1) is 5.92 Å². The lowest BCUT2D eigenvalue weighted by molar-refractivity contribution is -0.143. The molecule has 22 heavy (non-hydrogen) atoms. The number of aliphatic hydroxyl groups excluding tert-OH is 1. The van der Waals surface area contributed by atoms with Crippen LogP contribution in [0.15, 0.2) is 18.2 Å². The molecule has 8 heteroatoms.